The molecule has 43 heavy (non-hydrogen) atoms. The molecule has 2 atom stereocenters. The van der Waals surface area contributed by atoms with Gasteiger partial charge in [-0.25, -0.2) is 14.8 Å². The number of rotatable bonds is 8. The maximum Gasteiger partial charge on any atom is 0.416 e. The minimum Gasteiger partial charge on any atom is -0.447 e. The van der Waals surface area contributed by atoms with Gasteiger partial charge in [0.2, 0.25) is 5.95 Å². The first-order valence-electron chi connectivity index (χ1n) is 15.0. The third kappa shape index (κ3) is 8.23. The van der Waals surface area contributed by atoms with Crippen LogP contribution >= 0.6 is 11.6 Å². The smallest absolute Gasteiger partial charge is 0.416 e. The number of anilines is 2. The number of benzene rings is 1. The van der Waals surface area contributed by atoms with Crippen LogP contribution in [-0.4, -0.2) is 71.5 Å². The number of aromatic nitrogens is 2. The van der Waals surface area contributed by atoms with Gasteiger partial charge in [-0.3, -0.25) is 0 Å². The van der Waals surface area contributed by atoms with Gasteiger partial charge in [0.25, 0.3) is 0 Å². The number of nitrogens with zero attached hydrogens (tertiary/aromatic N) is 5. The Hall–Kier alpha value is -2.79. The van der Waals surface area contributed by atoms with E-state index in [9.17, 15) is 18.0 Å². The number of likely N-dealkylation sites (tertiary alicyclic amines) is 1. The Morgan fingerprint density at radius 1 is 1.02 bits per heavy atom. The third-order valence-electron chi connectivity index (χ3n) is 8.16. The van der Waals surface area contributed by atoms with Gasteiger partial charge < -0.3 is 24.2 Å². The minimum absolute atomic E-state index is 0.0136. The number of carbonyl (C=O) groups excluding carboxylic acids is 1. The fraction of sp³-hybridized carbons (Fsp3) is 0.645. The Morgan fingerprint density at radius 2 is 1.60 bits per heavy atom. The molecule has 2 saturated heterocycles. The maximum absolute atomic E-state index is 13.7. The molecular formula is C31H43ClF3N5O3. The summed E-state index contributed by atoms with van der Waals surface area (Å²) in [5.74, 6) is 0.634. The van der Waals surface area contributed by atoms with Gasteiger partial charge in [0.05, 0.1) is 43.0 Å². The predicted octanol–water partition coefficient (Wildman–Crippen LogP) is 7.05. The van der Waals surface area contributed by atoms with Gasteiger partial charge in [-0.2, -0.15) is 13.2 Å². The van der Waals surface area contributed by atoms with E-state index >= 15 is 0 Å². The van der Waals surface area contributed by atoms with E-state index in [1.54, 1.807) is 18.5 Å². The summed E-state index contributed by atoms with van der Waals surface area (Å²) >= 11 is 6.18. The highest BCUT2D eigenvalue weighted by Gasteiger charge is 2.44. The summed E-state index contributed by atoms with van der Waals surface area (Å²) in [5, 5.41) is 0.0136. The Morgan fingerprint density at radius 3 is 2.12 bits per heavy atom. The molecule has 0 unspecified atom stereocenters. The van der Waals surface area contributed by atoms with Gasteiger partial charge in [-0.15, -0.1) is 0 Å². The molecular weight excluding hydrogens is 583 g/mol. The van der Waals surface area contributed by atoms with Crippen LogP contribution in [0, 0.1) is 11.8 Å². The van der Waals surface area contributed by atoms with Crippen LogP contribution in [-0.2, 0) is 22.2 Å². The molecule has 12 heteroatoms. The normalized spacial score (nSPS) is 21.6. The average Bonchev–Trinajstić information content (AvgIpc) is 2.94. The van der Waals surface area contributed by atoms with Gasteiger partial charge in [-0.1, -0.05) is 39.3 Å². The number of hydrogen-bond acceptors (Lipinski definition) is 7. The summed E-state index contributed by atoms with van der Waals surface area (Å²) in [4.78, 5) is 28.8. The molecule has 238 valence electrons. The Balaban J connectivity index is 1.73. The summed E-state index contributed by atoms with van der Waals surface area (Å²) in [6.45, 7) is 14.8. The van der Waals surface area contributed by atoms with E-state index < -0.39 is 11.7 Å². The molecule has 8 nitrogen and oxygen atoms in total. The van der Waals surface area contributed by atoms with Crippen LogP contribution in [0.2, 0.25) is 5.02 Å². The summed E-state index contributed by atoms with van der Waals surface area (Å²) in [7, 11) is 0. The predicted molar refractivity (Wildman–Crippen MR) is 161 cm³/mol. The van der Waals surface area contributed by atoms with Crippen LogP contribution in [0.15, 0.2) is 30.6 Å². The van der Waals surface area contributed by atoms with Crippen LogP contribution in [0.4, 0.5) is 29.6 Å². The number of halogens is 4. The number of hydrogen-bond donors (Lipinski definition) is 0. The molecule has 1 aromatic carbocycles. The zero-order valence-corrected chi connectivity index (χ0v) is 26.5. The maximum atomic E-state index is 13.7. The van der Waals surface area contributed by atoms with E-state index in [-0.39, 0.29) is 53.7 Å². The van der Waals surface area contributed by atoms with E-state index in [0.717, 1.165) is 30.9 Å². The van der Waals surface area contributed by atoms with Crippen molar-refractivity contribution in [2.24, 2.45) is 11.8 Å². The first-order chi connectivity index (χ1) is 20.2. The molecule has 0 radical (unpaired) electrons. The number of morpholine rings is 1. The molecule has 2 aromatic rings. The van der Waals surface area contributed by atoms with Crippen LogP contribution in [0.5, 0.6) is 0 Å². The molecule has 1 amide bonds. The lowest BCUT2D eigenvalue weighted by atomic mass is 9.81. The van der Waals surface area contributed by atoms with Crippen LogP contribution in [0.1, 0.15) is 65.5 Å². The minimum atomic E-state index is -4.53. The van der Waals surface area contributed by atoms with Gasteiger partial charge in [0, 0.05) is 42.8 Å². The Labute approximate surface area is 257 Å². The summed E-state index contributed by atoms with van der Waals surface area (Å²) in [5.41, 5.74) is 0.467. The standard InChI is InChI=1S/C31H43ClF3N5O3/c1-19(2)27-14-25(15-28(20(3)4)40(27)30(41)43-21(5)6)39(18-22-11-23(31(33,34)35)13-24(32)12-22)29-36-16-26(17-37-29)38-7-9-42-10-8-38/h11-13,16-17,19-21,25,27-28H,7-10,14-15,18H2,1-6H3/t27-,28-/m0/s1. The molecule has 0 N–H and O–H groups in total. The quantitative estimate of drug-likeness (QED) is 0.311. The number of ether oxygens (including phenoxy) is 2. The van der Waals surface area contributed by atoms with Gasteiger partial charge in [-0.05, 0) is 62.3 Å². The molecule has 0 bridgehead atoms. The van der Waals surface area contributed by atoms with Gasteiger partial charge >= 0.3 is 12.3 Å². The topological polar surface area (TPSA) is 71.0 Å². The molecule has 2 aliphatic rings. The van der Waals surface area contributed by atoms with Crippen LogP contribution < -0.4 is 9.80 Å². The Kier molecular flexibility index (Phi) is 10.7. The van der Waals surface area contributed by atoms with Gasteiger partial charge in [0.1, 0.15) is 0 Å². The van der Waals surface area contributed by atoms with Crippen LogP contribution in [0.3, 0.4) is 0 Å². The van der Waals surface area contributed by atoms with E-state index in [2.05, 4.69) is 32.6 Å². The highest BCUT2D eigenvalue weighted by atomic mass is 35.5. The van der Waals surface area contributed by atoms with Crippen molar-refractivity contribution >= 4 is 29.3 Å². The van der Waals surface area contributed by atoms with E-state index in [0.29, 0.717) is 37.6 Å². The lowest BCUT2D eigenvalue weighted by Gasteiger charge is -2.50. The molecule has 1 aromatic heterocycles. The Bertz CT molecular complexity index is 1200. The number of carbonyl (C=O) groups is 1. The molecule has 0 spiro atoms. The number of amides is 1. The first kappa shape index (κ1) is 33.1. The first-order valence-corrected chi connectivity index (χ1v) is 15.4. The number of alkyl halides is 3. The second-order valence-corrected chi connectivity index (χ2v) is 12.8. The van der Waals surface area contributed by atoms with Crippen molar-refractivity contribution in [2.75, 3.05) is 36.1 Å². The highest BCUT2D eigenvalue weighted by Crippen LogP contribution is 2.38. The zero-order chi connectivity index (χ0) is 31.5. The zero-order valence-electron chi connectivity index (χ0n) is 25.8. The second kappa shape index (κ2) is 13.9. The fourth-order valence-electron chi connectivity index (χ4n) is 6.01. The molecule has 2 fully saturated rings. The average molecular weight is 626 g/mol. The van der Waals surface area contributed by atoms with Gasteiger partial charge in [0.15, 0.2) is 0 Å². The SMILES string of the molecule is CC(C)OC(=O)N1[C@H](C(C)C)CC(N(Cc2cc(Cl)cc(C(F)(F)F)c2)c2ncc(N3CCOCC3)cn2)C[C@H]1C(C)C. The molecule has 2 aliphatic heterocycles. The summed E-state index contributed by atoms with van der Waals surface area (Å²) in [6.07, 6.45) is -0.456. The van der Waals surface area contributed by atoms with E-state index in [1.165, 1.54) is 0 Å². The monoisotopic (exact) mass is 625 g/mol. The molecule has 0 aliphatic carbocycles. The summed E-state index contributed by atoms with van der Waals surface area (Å²) in [6, 6.07) is 3.16. The van der Waals surface area contributed by atoms with Crippen molar-refractivity contribution in [1.29, 1.82) is 0 Å². The lowest BCUT2D eigenvalue weighted by Crippen LogP contribution is -2.60. The highest BCUT2D eigenvalue weighted by molar-refractivity contribution is 6.30. The van der Waals surface area contributed by atoms with E-state index in [4.69, 9.17) is 31.0 Å². The molecule has 4 rings (SSSR count). The molecule has 0 saturated carbocycles. The van der Waals surface area contributed by atoms with Crippen molar-refractivity contribution < 1.29 is 27.4 Å². The van der Waals surface area contributed by atoms with Crippen molar-refractivity contribution in [3.63, 3.8) is 0 Å². The van der Waals surface area contributed by atoms with Crippen LogP contribution in [0.25, 0.3) is 0 Å². The lowest BCUT2D eigenvalue weighted by molar-refractivity contribution is -0.137. The fourth-order valence-corrected chi connectivity index (χ4v) is 6.27. The third-order valence-corrected chi connectivity index (χ3v) is 8.38. The van der Waals surface area contributed by atoms with Crippen molar-refractivity contribution in [2.45, 2.75) is 91.3 Å². The summed E-state index contributed by atoms with van der Waals surface area (Å²) < 4.78 is 52.3. The van der Waals surface area contributed by atoms with E-state index in [1.807, 2.05) is 23.6 Å². The van der Waals surface area contributed by atoms with Crippen molar-refractivity contribution in [3.8, 4) is 0 Å². The van der Waals surface area contributed by atoms with Crippen molar-refractivity contribution in [3.05, 3.63) is 46.7 Å². The second-order valence-electron chi connectivity index (χ2n) is 12.4. The largest absolute Gasteiger partial charge is 0.447 e. The molecule has 3 heterocycles. The number of piperidine rings is 1. The van der Waals surface area contributed by atoms with Crippen molar-refractivity contribution in [1.82, 2.24) is 14.9 Å².